The topological polar surface area (TPSA) is 20.2 Å². The zero-order valence-corrected chi connectivity index (χ0v) is 7.02. The van der Waals surface area contributed by atoms with Crippen LogP contribution in [0.2, 0.25) is 0 Å². The van der Waals surface area contributed by atoms with Crippen molar-refractivity contribution in [2.24, 2.45) is 0 Å². The first-order valence-corrected chi connectivity index (χ1v) is 3.72. The van der Waals surface area contributed by atoms with Gasteiger partial charge in [0, 0.05) is 11.6 Å². The molecule has 1 aromatic rings. The summed E-state index contributed by atoms with van der Waals surface area (Å²) in [5.74, 6) is -1.76. The molecular formula is C9H9F3O. The fourth-order valence-electron chi connectivity index (χ4n) is 0.997. The van der Waals surface area contributed by atoms with Crippen molar-refractivity contribution in [1.29, 1.82) is 0 Å². The molecule has 0 aliphatic rings. The van der Waals surface area contributed by atoms with Gasteiger partial charge in [0.1, 0.15) is 11.6 Å². The van der Waals surface area contributed by atoms with Crippen LogP contribution < -0.4 is 0 Å². The first-order valence-electron chi connectivity index (χ1n) is 3.72. The molecule has 13 heavy (non-hydrogen) atoms. The van der Waals surface area contributed by atoms with Crippen LogP contribution in [0.4, 0.5) is 13.2 Å². The molecule has 0 spiro atoms. The minimum Gasteiger partial charge on any atom is -0.393 e. The molecule has 1 rings (SSSR count). The summed E-state index contributed by atoms with van der Waals surface area (Å²) in [6.07, 6.45) is 0. The van der Waals surface area contributed by atoms with Gasteiger partial charge in [-0.05, 0) is 19.1 Å². The van der Waals surface area contributed by atoms with Gasteiger partial charge >= 0.3 is 0 Å². The minimum atomic E-state index is -2.17. The highest BCUT2D eigenvalue weighted by Crippen LogP contribution is 2.27. The maximum absolute atomic E-state index is 13.3. The number of aliphatic hydroxyl groups excluding tert-OH is 1. The van der Waals surface area contributed by atoms with Crippen molar-refractivity contribution in [2.45, 2.75) is 12.6 Å². The smallest absolute Gasteiger partial charge is 0.158 e. The number of alkyl halides is 1. The highest BCUT2D eigenvalue weighted by molar-refractivity contribution is 5.24. The molecule has 0 amide bonds. The predicted molar refractivity (Wildman–Crippen MR) is 41.9 cm³/mol. The van der Waals surface area contributed by atoms with Crippen molar-refractivity contribution >= 4 is 0 Å². The minimum absolute atomic E-state index is 0.337. The third-order valence-corrected chi connectivity index (χ3v) is 1.79. The number of halogens is 3. The zero-order chi connectivity index (χ0) is 10.1. The predicted octanol–water partition coefficient (Wildman–Crippen LogP) is 2.14. The molecule has 0 aliphatic carbocycles. The van der Waals surface area contributed by atoms with Crippen LogP contribution in [0.25, 0.3) is 0 Å². The lowest BCUT2D eigenvalue weighted by Gasteiger charge is -2.18. The van der Waals surface area contributed by atoms with Gasteiger partial charge in [-0.1, -0.05) is 0 Å². The highest BCUT2D eigenvalue weighted by Gasteiger charge is 2.28. The van der Waals surface area contributed by atoms with Crippen molar-refractivity contribution in [2.75, 3.05) is 6.61 Å². The number of benzene rings is 1. The van der Waals surface area contributed by atoms with Crippen LogP contribution in [0.5, 0.6) is 0 Å². The second-order valence-electron chi connectivity index (χ2n) is 2.98. The van der Waals surface area contributed by atoms with E-state index in [2.05, 4.69) is 0 Å². The first-order chi connectivity index (χ1) is 5.97. The Morgan fingerprint density at radius 3 is 2.46 bits per heavy atom. The van der Waals surface area contributed by atoms with Crippen LogP contribution in [-0.2, 0) is 5.67 Å². The lowest BCUT2D eigenvalue weighted by molar-refractivity contribution is 0.0831. The van der Waals surface area contributed by atoms with Crippen molar-refractivity contribution in [3.8, 4) is 0 Å². The van der Waals surface area contributed by atoms with E-state index >= 15 is 0 Å². The summed E-state index contributed by atoms with van der Waals surface area (Å²) in [5, 5.41) is 8.61. The van der Waals surface area contributed by atoms with E-state index in [9.17, 15) is 13.2 Å². The second-order valence-corrected chi connectivity index (χ2v) is 2.98. The average molecular weight is 190 g/mol. The Labute approximate surface area is 73.8 Å². The van der Waals surface area contributed by atoms with Crippen molar-refractivity contribution in [3.05, 3.63) is 35.4 Å². The second kappa shape index (κ2) is 3.38. The van der Waals surface area contributed by atoms with Crippen molar-refractivity contribution in [3.63, 3.8) is 0 Å². The molecule has 0 saturated carbocycles. The summed E-state index contributed by atoms with van der Waals surface area (Å²) in [6.45, 7) is 0.193. The monoisotopic (exact) mass is 190 g/mol. The van der Waals surface area contributed by atoms with Gasteiger partial charge in [-0.25, -0.2) is 13.2 Å². The largest absolute Gasteiger partial charge is 0.393 e. The molecular weight excluding hydrogens is 181 g/mol. The molecule has 1 N–H and O–H groups in total. The van der Waals surface area contributed by atoms with E-state index < -0.39 is 23.9 Å². The molecule has 0 saturated heterocycles. The number of rotatable bonds is 2. The molecule has 0 heterocycles. The van der Waals surface area contributed by atoms with E-state index in [0.29, 0.717) is 6.07 Å². The van der Waals surface area contributed by atoms with Gasteiger partial charge in [0.15, 0.2) is 5.67 Å². The SMILES string of the molecule is CC(F)(CO)c1ccc(F)cc1F. The Bertz CT molecular complexity index is 310. The lowest BCUT2D eigenvalue weighted by atomic mass is 9.98. The normalized spacial score (nSPS) is 15.5. The lowest BCUT2D eigenvalue weighted by Crippen LogP contribution is -2.21. The van der Waals surface area contributed by atoms with Crippen molar-refractivity contribution < 1.29 is 18.3 Å². The molecule has 4 heteroatoms. The number of aliphatic hydroxyl groups is 1. The van der Waals surface area contributed by atoms with Gasteiger partial charge < -0.3 is 5.11 Å². The van der Waals surface area contributed by atoms with Crippen molar-refractivity contribution in [1.82, 2.24) is 0 Å². The molecule has 1 aromatic carbocycles. The summed E-state index contributed by atoms with van der Waals surface area (Å²) in [7, 11) is 0. The standard InChI is InChI=1S/C9H9F3O/c1-9(12,5-13)7-3-2-6(10)4-8(7)11/h2-4,13H,5H2,1H3. The summed E-state index contributed by atoms with van der Waals surface area (Å²) in [6, 6.07) is 2.52. The molecule has 1 atom stereocenters. The Hall–Kier alpha value is -1.03. The zero-order valence-electron chi connectivity index (χ0n) is 7.02. The van der Waals surface area contributed by atoms with Crippen LogP contribution in [0, 0.1) is 11.6 Å². The molecule has 72 valence electrons. The Morgan fingerprint density at radius 1 is 1.38 bits per heavy atom. The van der Waals surface area contributed by atoms with E-state index in [1.54, 1.807) is 0 Å². The van der Waals surface area contributed by atoms with Crippen LogP contribution >= 0.6 is 0 Å². The molecule has 0 aliphatic heterocycles. The third-order valence-electron chi connectivity index (χ3n) is 1.79. The average Bonchev–Trinajstić information content (AvgIpc) is 2.03. The van der Waals surface area contributed by atoms with Gasteiger partial charge in [-0.3, -0.25) is 0 Å². The maximum atomic E-state index is 13.3. The van der Waals surface area contributed by atoms with Gasteiger partial charge in [0.2, 0.25) is 0 Å². The third kappa shape index (κ3) is 2.01. The number of hydrogen-bond donors (Lipinski definition) is 1. The van der Waals surface area contributed by atoms with E-state index in [4.69, 9.17) is 5.11 Å². The van der Waals surface area contributed by atoms with Crippen LogP contribution in [0.15, 0.2) is 18.2 Å². The highest BCUT2D eigenvalue weighted by atomic mass is 19.2. The van der Waals surface area contributed by atoms with Gasteiger partial charge in [0.05, 0.1) is 6.61 Å². The van der Waals surface area contributed by atoms with E-state index in [-0.39, 0.29) is 5.56 Å². The van der Waals surface area contributed by atoms with Gasteiger partial charge in [-0.2, -0.15) is 0 Å². The molecule has 1 nitrogen and oxygen atoms in total. The molecule has 1 unspecified atom stereocenters. The summed E-state index contributed by atoms with van der Waals surface area (Å²) in [5.41, 5.74) is -2.51. The van der Waals surface area contributed by atoms with Gasteiger partial charge in [0.25, 0.3) is 0 Å². The Balaban J connectivity index is 3.16. The first kappa shape index (κ1) is 10.1. The summed E-state index contributed by atoms with van der Waals surface area (Å²) >= 11 is 0. The Morgan fingerprint density at radius 2 is 2.00 bits per heavy atom. The maximum Gasteiger partial charge on any atom is 0.158 e. The van der Waals surface area contributed by atoms with Crippen LogP contribution in [0.1, 0.15) is 12.5 Å². The Kier molecular flexibility index (Phi) is 2.61. The summed E-state index contributed by atoms with van der Waals surface area (Å²) in [4.78, 5) is 0. The fourth-order valence-corrected chi connectivity index (χ4v) is 0.997. The molecule has 0 aromatic heterocycles. The fraction of sp³-hybridized carbons (Fsp3) is 0.333. The number of hydrogen-bond acceptors (Lipinski definition) is 1. The molecule has 0 bridgehead atoms. The van der Waals surface area contributed by atoms with Gasteiger partial charge in [-0.15, -0.1) is 0 Å². The van der Waals surface area contributed by atoms with Crippen LogP contribution in [-0.4, -0.2) is 11.7 Å². The summed E-state index contributed by atoms with van der Waals surface area (Å²) < 4.78 is 38.7. The van der Waals surface area contributed by atoms with E-state index in [1.807, 2.05) is 0 Å². The van der Waals surface area contributed by atoms with E-state index in [0.717, 1.165) is 19.1 Å². The van der Waals surface area contributed by atoms with E-state index in [1.165, 1.54) is 0 Å². The quantitative estimate of drug-likeness (QED) is 0.757. The molecule has 0 fully saturated rings. The molecule has 0 radical (unpaired) electrons. The van der Waals surface area contributed by atoms with Crippen LogP contribution in [0.3, 0.4) is 0 Å².